The number of ether oxygens (including phenoxy) is 1. The first-order valence-corrected chi connectivity index (χ1v) is 5.60. The molecule has 2 rings (SSSR count). The minimum atomic E-state index is 0.575. The summed E-state index contributed by atoms with van der Waals surface area (Å²) in [5, 5.41) is 3.47. The smallest absolute Gasteiger partial charge is 0.218 e. The normalized spacial score (nSPS) is 19.8. The molecule has 1 saturated heterocycles. The van der Waals surface area contributed by atoms with Gasteiger partial charge in [-0.25, -0.2) is 9.97 Å². The minimum Gasteiger partial charge on any atom is -0.481 e. The summed E-state index contributed by atoms with van der Waals surface area (Å²) in [4.78, 5) is 10.4. The molecule has 2 heterocycles. The molecular formula is C11H18N4O. The lowest BCUT2D eigenvalue weighted by atomic mass is 10.2. The molecule has 0 bridgehead atoms. The fraction of sp³-hybridized carbons (Fsp3) is 0.636. The van der Waals surface area contributed by atoms with E-state index in [1.54, 1.807) is 7.11 Å². The van der Waals surface area contributed by atoms with Gasteiger partial charge < -0.3 is 15.0 Å². The van der Waals surface area contributed by atoms with Crippen molar-refractivity contribution in [3.8, 4) is 5.88 Å². The van der Waals surface area contributed by atoms with E-state index in [-0.39, 0.29) is 0 Å². The molecule has 88 valence electrons. The van der Waals surface area contributed by atoms with Gasteiger partial charge in [0.2, 0.25) is 5.88 Å². The Morgan fingerprint density at radius 3 is 3.12 bits per heavy atom. The summed E-state index contributed by atoms with van der Waals surface area (Å²) < 4.78 is 5.08. The molecule has 1 aromatic rings. The van der Waals surface area contributed by atoms with Crippen LogP contribution in [0.25, 0.3) is 0 Å². The zero-order chi connectivity index (χ0) is 11.4. The highest BCUT2D eigenvalue weighted by Crippen LogP contribution is 2.15. The van der Waals surface area contributed by atoms with Gasteiger partial charge in [0.05, 0.1) is 7.11 Å². The van der Waals surface area contributed by atoms with Crippen molar-refractivity contribution in [3.63, 3.8) is 0 Å². The second-order valence-corrected chi connectivity index (χ2v) is 4.09. The third kappa shape index (κ3) is 2.61. The van der Waals surface area contributed by atoms with Gasteiger partial charge in [-0.05, 0) is 19.4 Å². The highest BCUT2D eigenvalue weighted by Gasteiger charge is 2.16. The molecule has 1 aliphatic rings. The van der Waals surface area contributed by atoms with Crippen LogP contribution in [0, 0.1) is 0 Å². The fourth-order valence-electron chi connectivity index (χ4n) is 1.99. The topological polar surface area (TPSA) is 50.3 Å². The Bertz CT molecular complexity index is 339. The van der Waals surface area contributed by atoms with Crippen LogP contribution in [0.15, 0.2) is 12.4 Å². The molecule has 16 heavy (non-hydrogen) atoms. The molecule has 0 saturated carbocycles. The van der Waals surface area contributed by atoms with Crippen molar-refractivity contribution >= 4 is 5.82 Å². The first-order chi connectivity index (χ1) is 7.79. The molecule has 0 aliphatic carbocycles. The number of hydrogen-bond donors (Lipinski definition) is 1. The van der Waals surface area contributed by atoms with Gasteiger partial charge >= 0.3 is 0 Å². The molecule has 0 aromatic carbocycles. The Morgan fingerprint density at radius 1 is 1.56 bits per heavy atom. The van der Waals surface area contributed by atoms with E-state index in [4.69, 9.17) is 4.74 Å². The van der Waals surface area contributed by atoms with Gasteiger partial charge in [0, 0.05) is 25.7 Å². The number of anilines is 1. The largest absolute Gasteiger partial charge is 0.481 e. The number of aromatic nitrogens is 2. The van der Waals surface area contributed by atoms with Gasteiger partial charge in [0.15, 0.2) is 0 Å². The minimum absolute atomic E-state index is 0.575. The Hall–Kier alpha value is -1.36. The number of likely N-dealkylation sites (N-methyl/N-ethyl adjacent to an activating group) is 1. The number of nitrogens with zero attached hydrogens (tertiary/aromatic N) is 3. The summed E-state index contributed by atoms with van der Waals surface area (Å²) in [6.07, 6.45) is 4.05. The number of hydrogen-bond acceptors (Lipinski definition) is 5. The van der Waals surface area contributed by atoms with E-state index in [2.05, 4.69) is 20.2 Å². The molecule has 1 fully saturated rings. The van der Waals surface area contributed by atoms with Crippen LogP contribution in [-0.4, -0.2) is 43.3 Å². The molecule has 1 unspecified atom stereocenters. The Kier molecular flexibility index (Phi) is 3.56. The predicted octanol–water partition coefficient (Wildman–Crippen LogP) is 0.673. The molecule has 0 amide bonds. The first-order valence-electron chi connectivity index (χ1n) is 5.60. The second kappa shape index (κ2) is 5.12. The maximum absolute atomic E-state index is 5.08. The summed E-state index contributed by atoms with van der Waals surface area (Å²) in [5.41, 5.74) is 0. The Morgan fingerprint density at radius 2 is 2.44 bits per heavy atom. The number of nitrogens with one attached hydrogen (secondary N) is 1. The first kappa shape index (κ1) is 11.1. The van der Waals surface area contributed by atoms with Crippen LogP contribution in [0.5, 0.6) is 5.88 Å². The molecule has 1 aromatic heterocycles. The number of methoxy groups -OCH3 is 1. The quantitative estimate of drug-likeness (QED) is 0.811. The maximum Gasteiger partial charge on any atom is 0.218 e. The molecule has 1 N–H and O–H groups in total. The van der Waals surface area contributed by atoms with Gasteiger partial charge in [-0.15, -0.1) is 0 Å². The van der Waals surface area contributed by atoms with Gasteiger partial charge in [-0.2, -0.15) is 0 Å². The SMILES string of the molecule is COc1cc(N(C)CC2CCCN2)ncn1. The molecule has 0 spiro atoms. The van der Waals surface area contributed by atoms with E-state index < -0.39 is 0 Å². The lowest BCUT2D eigenvalue weighted by Gasteiger charge is -2.22. The summed E-state index contributed by atoms with van der Waals surface area (Å²) in [6.45, 7) is 2.10. The average molecular weight is 222 g/mol. The van der Waals surface area contributed by atoms with Crippen molar-refractivity contribution in [2.75, 3.05) is 32.1 Å². The van der Waals surface area contributed by atoms with Gasteiger partial charge in [0.25, 0.3) is 0 Å². The highest BCUT2D eigenvalue weighted by molar-refractivity contribution is 5.39. The molecule has 1 aliphatic heterocycles. The molecule has 1 atom stereocenters. The summed E-state index contributed by atoms with van der Waals surface area (Å²) in [7, 11) is 3.66. The molecule has 5 nitrogen and oxygen atoms in total. The summed E-state index contributed by atoms with van der Waals surface area (Å²) in [5.74, 6) is 1.51. The van der Waals surface area contributed by atoms with Crippen LogP contribution in [0.1, 0.15) is 12.8 Å². The zero-order valence-corrected chi connectivity index (χ0v) is 9.81. The monoisotopic (exact) mass is 222 g/mol. The second-order valence-electron chi connectivity index (χ2n) is 4.09. The van der Waals surface area contributed by atoms with Crippen LogP contribution >= 0.6 is 0 Å². The van der Waals surface area contributed by atoms with Crippen molar-refractivity contribution in [2.45, 2.75) is 18.9 Å². The third-order valence-corrected chi connectivity index (χ3v) is 2.88. The van der Waals surface area contributed by atoms with E-state index in [1.807, 2.05) is 13.1 Å². The van der Waals surface area contributed by atoms with Crippen LogP contribution < -0.4 is 15.0 Å². The standard InChI is InChI=1S/C11H18N4O/c1-15(7-9-4-3-5-12-9)10-6-11(16-2)14-8-13-10/h6,8-9,12H,3-5,7H2,1-2H3. The molecule has 5 heteroatoms. The summed E-state index contributed by atoms with van der Waals surface area (Å²) in [6, 6.07) is 2.43. The van der Waals surface area contributed by atoms with Gasteiger partial charge in [-0.1, -0.05) is 0 Å². The van der Waals surface area contributed by atoms with Crippen LogP contribution in [-0.2, 0) is 0 Å². The summed E-state index contributed by atoms with van der Waals surface area (Å²) >= 11 is 0. The van der Waals surface area contributed by atoms with Crippen LogP contribution in [0.2, 0.25) is 0 Å². The highest BCUT2D eigenvalue weighted by atomic mass is 16.5. The molecule has 0 radical (unpaired) electrons. The van der Waals surface area contributed by atoms with Crippen molar-refractivity contribution in [1.82, 2.24) is 15.3 Å². The molecular weight excluding hydrogens is 204 g/mol. The number of rotatable bonds is 4. The van der Waals surface area contributed by atoms with E-state index in [1.165, 1.54) is 19.2 Å². The van der Waals surface area contributed by atoms with Crippen molar-refractivity contribution < 1.29 is 4.74 Å². The third-order valence-electron chi connectivity index (χ3n) is 2.88. The Balaban J connectivity index is 1.98. The van der Waals surface area contributed by atoms with Crippen molar-refractivity contribution in [2.24, 2.45) is 0 Å². The van der Waals surface area contributed by atoms with E-state index in [9.17, 15) is 0 Å². The van der Waals surface area contributed by atoms with Gasteiger partial charge in [0.1, 0.15) is 12.1 Å². The van der Waals surface area contributed by atoms with E-state index >= 15 is 0 Å². The predicted molar refractivity (Wildman–Crippen MR) is 62.9 cm³/mol. The fourth-order valence-corrected chi connectivity index (χ4v) is 1.99. The average Bonchev–Trinajstić information content (AvgIpc) is 2.82. The zero-order valence-electron chi connectivity index (χ0n) is 9.81. The lowest BCUT2D eigenvalue weighted by molar-refractivity contribution is 0.396. The van der Waals surface area contributed by atoms with E-state index in [0.717, 1.165) is 18.9 Å². The van der Waals surface area contributed by atoms with Crippen LogP contribution in [0.4, 0.5) is 5.82 Å². The van der Waals surface area contributed by atoms with Crippen molar-refractivity contribution in [3.05, 3.63) is 12.4 Å². The van der Waals surface area contributed by atoms with Crippen LogP contribution in [0.3, 0.4) is 0 Å². The maximum atomic E-state index is 5.08. The van der Waals surface area contributed by atoms with Gasteiger partial charge in [-0.3, -0.25) is 0 Å². The lowest BCUT2D eigenvalue weighted by Crippen LogP contribution is -2.35. The van der Waals surface area contributed by atoms with E-state index in [0.29, 0.717) is 11.9 Å². The van der Waals surface area contributed by atoms with Crippen molar-refractivity contribution in [1.29, 1.82) is 0 Å². The Labute approximate surface area is 95.8 Å².